The first-order chi connectivity index (χ1) is 15.1. The van der Waals surface area contributed by atoms with Gasteiger partial charge in [-0.1, -0.05) is 54.6 Å². The minimum Gasteiger partial charge on any atom is -0.367 e. The molecule has 1 aliphatic rings. The number of halogens is 1. The van der Waals surface area contributed by atoms with Crippen LogP contribution in [0.5, 0.6) is 0 Å². The Morgan fingerprint density at radius 3 is 2.29 bits per heavy atom. The third-order valence-corrected chi connectivity index (χ3v) is 5.75. The number of amides is 1. The molecule has 0 radical (unpaired) electrons. The fourth-order valence-electron chi connectivity index (χ4n) is 4.07. The summed E-state index contributed by atoms with van der Waals surface area (Å²) in [5.74, 6) is -0.142. The summed E-state index contributed by atoms with van der Waals surface area (Å²) in [5, 5.41) is 0. The van der Waals surface area contributed by atoms with Crippen molar-refractivity contribution in [3.63, 3.8) is 0 Å². The lowest BCUT2D eigenvalue weighted by Crippen LogP contribution is -2.46. The second kappa shape index (κ2) is 9.75. The monoisotopic (exact) mass is 417 g/mol. The van der Waals surface area contributed by atoms with Crippen molar-refractivity contribution in [3.05, 3.63) is 101 Å². The normalized spacial score (nSPS) is 14.5. The summed E-state index contributed by atoms with van der Waals surface area (Å²) < 4.78 is 14.0. The molecule has 1 heterocycles. The van der Waals surface area contributed by atoms with Gasteiger partial charge >= 0.3 is 0 Å². The van der Waals surface area contributed by atoms with Crippen molar-refractivity contribution in [3.8, 4) is 0 Å². The molecule has 1 fully saturated rings. The van der Waals surface area contributed by atoms with E-state index in [-0.39, 0.29) is 11.7 Å². The van der Waals surface area contributed by atoms with Crippen molar-refractivity contribution in [2.75, 3.05) is 38.1 Å². The highest BCUT2D eigenvalue weighted by molar-refractivity contribution is 5.94. The van der Waals surface area contributed by atoms with Crippen LogP contribution in [0.15, 0.2) is 78.9 Å². The van der Waals surface area contributed by atoms with E-state index in [2.05, 4.69) is 15.9 Å². The molecule has 160 valence electrons. The van der Waals surface area contributed by atoms with Crippen molar-refractivity contribution in [1.82, 2.24) is 9.80 Å². The molecular weight excluding hydrogens is 389 g/mol. The summed E-state index contributed by atoms with van der Waals surface area (Å²) in [5.41, 5.74) is 3.62. The maximum absolute atomic E-state index is 14.0. The minimum absolute atomic E-state index is 0.0232. The molecule has 1 aliphatic heterocycles. The Morgan fingerprint density at radius 1 is 0.871 bits per heavy atom. The predicted molar refractivity (Wildman–Crippen MR) is 123 cm³/mol. The molecule has 4 nitrogen and oxygen atoms in total. The highest BCUT2D eigenvalue weighted by atomic mass is 19.1. The average molecular weight is 418 g/mol. The number of carbonyl (C=O) groups excluding carboxylic acids is 1. The molecule has 1 amide bonds. The van der Waals surface area contributed by atoms with Crippen molar-refractivity contribution in [1.29, 1.82) is 0 Å². The molecule has 3 aromatic carbocycles. The minimum atomic E-state index is -0.165. The summed E-state index contributed by atoms with van der Waals surface area (Å²) in [6.07, 6.45) is 0. The van der Waals surface area contributed by atoms with Gasteiger partial charge < -0.3 is 9.80 Å². The third-order valence-electron chi connectivity index (χ3n) is 5.75. The third kappa shape index (κ3) is 5.30. The molecule has 4 rings (SSSR count). The molecule has 0 aromatic heterocycles. The molecule has 0 unspecified atom stereocenters. The van der Waals surface area contributed by atoms with Crippen molar-refractivity contribution < 1.29 is 9.18 Å². The number of piperazine rings is 1. The van der Waals surface area contributed by atoms with Gasteiger partial charge in [-0.2, -0.15) is 0 Å². The molecule has 0 N–H and O–H groups in total. The SMILES string of the molecule is CN(Cc1ccccc1)C(=O)c1cccc(CN2CCN(c3ccccc3F)CC2)c1. The van der Waals surface area contributed by atoms with E-state index in [9.17, 15) is 9.18 Å². The fourth-order valence-corrected chi connectivity index (χ4v) is 4.07. The van der Waals surface area contributed by atoms with Gasteiger partial charge in [0.25, 0.3) is 5.91 Å². The summed E-state index contributed by atoms with van der Waals surface area (Å²) in [7, 11) is 1.84. The Kier molecular flexibility index (Phi) is 6.63. The Hall–Kier alpha value is -3.18. The van der Waals surface area contributed by atoms with E-state index < -0.39 is 0 Å². The summed E-state index contributed by atoms with van der Waals surface area (Å²) >= 11 is 0. The molecule has 31 heavy (non-hydrogen) atoms. The molecule has 0 bridgehead atoms. The summed E-state index contributed by atoms with van der Waals surface area (Å²) in [6, 6.07) is 24.9. The number of benzene rings is 3. The Morgan fingerprint density at radius 2 is 1.55 bits per heavy atom. The second-order valence-electron chi connectivity index (χ2n) is 8.06. The van der Waals surface area contributed by atoms with Gasteiger partial charge in [-0.15, -0.1) is 0 Å². The van der Waals surface area contributed by atoms with E-state index >= 15 is 0 Å². The topological polar surface area (TPSA) is 26.8 Å². The van der Waals surface area contributed by atoms with E-state index in [1.807, 2.05) is 67.7 Å². The van der Waals surface area contributed by atoms with E-state index in [4.69, 9.17) is 0 Å². The molecule has 1 saturated heterocycles. The number of hydrogen-bond donors (Lipinski definition) is 0. The number of para-hydroxylation sites is 1. The number of rotatable bonds is 6. The van der Waals surface area contributed by atoms with Gasteiger partial charge in [-0.25, -0.2) is 4.39 Å². The Labute approximate surface area is 183 Å². The van der Waals surface area contributed by atoms with Crippen LogP contribution in [-0.4, -0.2) is 48.9 Å². The van der Waals surface area contributed by atoms with E-state index in [0.717, 1.165) is 43.9 Å². The van der Waals surface area contributed by atoms with Gasteiger partial charge in [-0.3, -0.25) is 9.69 Å². The lowest BCUT2D eigenvalue weighted by Gasteiger charge is -2.36. The Balaban J connectivity index is 1.35. The molecule has 0 atom stereocenters. The standard InChI is InChI=1S/C26H28FN3O/c1-28(19-21-8-3-2-4-9-21)26(31)23-11-7-10-22(18-23)20-29-14-16-30(17-15-29)25-13-6-5-12-24(25)27/h2-13,18H,14-17,19-20H2,1H3. The predicted octanol–water partition coefficient (Wildman–Crippen LogP) is 4.42. The van der Waals surface area contributed by atoms with Crippen molar-refractivity contribution >= 4 is 11.6 Å². The van der Waals surface area contributed by atoms with Gasteiger partial charge in [0.15, 0.2) is 0 Å². The maximum Gasteiger partial charge on any atom is 0.253 e. The van der Waals surface area contributed by atoms with Gasteiger partial charge in [0.2, 0.25) is 0 Å². The zero-order valence-electron chi connectivity index (χ0n) is 17.9. The lowest BCUT2D eigenvalue weighted by atomic mass is 10.1. The van der Waals surface area contributed by atoms with Crippen LogP contribution in [0, 0.1) is 5.82 Å². The van der Waals surface area contributed by atoms with E-state index in [1.54, 1.807) is 11.0 Å². The quantitative estimate of drug-likeness (QED) is 0.594. The number of hydrogen-bond acceptors (Lipinski definition) is 3. The summed E-state index contributed by atoms with van der Waals surface area (Å²) in [6.45, 7) is 4.68. The first-order valence-corrected chi connectivity index (χ1v) is 10.7. The van der Waals surface area contributed by atoms with E-state index in [0.29, 0.717) is 17.8 Å². The number of anilines is 1. The van der Waals surface area contributed by atoms with Crippen LogP contribution in [0.1, 0.15) is 21.5 Å². The number of carbonyl (C=O) groups is 1. The molecule has 0 aliphatic carbocycles. The molecular formula is C26H28FN3O. The van der Waals surface area contributed by atoms with Crippen LogP contribution in [0.4, 0.5) is 10.1 Å². The zero-order valence-corrected chi connectivity index (χ0v) is 17.9. The fraction of sp³-hybridized carbons (Fsp3) is 0.269. The van der Waals surface area contributed by atoms with Crippen molar-refractivity contribution in [2.24, 2.45) is 0 Å². The second-order valence-corrected chi connectivity index (χ2v) is 8.06. The van der Waals surface area contributed by atoms with Gasteiger partial charge in [0.05, 0.1) is 5.69 Å². The highest BCUT2D eigenvalue weighted by Gasteiger charge is 2.20. The summed E-state index contributed by atoms with van der Waals surface area (Å²) in [4.78, 5) is 19.1. The Bertz CT molecular complexity index is 1020. The van der Waals surface area contributed by atoms with Crippen LogP contribution >= 0.6 is 0 Å². The zero-order chi connectivity index (χ0) is 21.6. The molecule has 0 saturated carbocycles. The molecule has 5 heteroatoms. The smallest absolute Gasteiger partial charge is 0.253 e. The molecule has 0 spiro atoms. The van der Waals surface area contributed by atoms with Crippen LogP contribution in [-0.2, 0) is 13.1 Å². The van der Waals surface area contributed by atoms with Crippen LogP contribution < -0.4 is 4.90 Å². The number of nitrogens with zero attached hydrogens (tertiary/aromatic N) is 3. The van der Waals surface area contributed by atoms with Crippen LogP contribution in [0.2, 0.25) is 0 Å². The first kappa shape index (κ1) is 21.1. The molecule has 3 aromatic rings. The van der Waals surface area contributed by atoms with E-state index in [1.165, 1.54) is 6.07 Å². The highest BCUT2D eigenvalue weighted by Crippen LogP contribution is 2.21. The lowest BCUT2D eigenvalue weighted by molar-refractivity contribution is 0.0785. The van der Waals surface area contributed by atoms with Crippen LogP contribution in [0.25, 0.3) is 0 Å². The van der Waals surface area contributed by atoms with Crippen molar-refractivity contribution in [2.45, 2.75) is 13.1 Å². The van der Waals surface area contributed by atoms with Gasteiger partial charge in [-0.05, 0) is 35.4 Å². The largest absolute Gasteiger partial charge is 0.367 e. The first-order valence-electron chi connectivity index (χ1n) is 10.7. The van der Waals surface area contributed by atoms with Gasteiger partial charge in [0, 0.05) is 51.9 Å². The maximum atomic E-state index is 14.0. The van der Waals surface area contributed by atoms with Gasteiger partial charge in [0.1, 0.15) is 5.82 Å². The average Bonchev–Trinajstić information content (AvgIpc) is 2.80. The van der Waals surface area contributed by atoms with Crippen LogP contribution in [0.3, 0.4) is 0 Å².